The lowest BCUT2D eigenvalue weighted by Gasteiger charge is -2.20. The Kier molecular flexibility index (Phi) is 3.26. The Morgan fingerprint density at radius 3 is 2.82 bits per heavy atom. The molecule has 0 amide bonds. The number of nitrogens with zero attached hydrogens (tertiary/aromatic N) is 2. The van der Waals surface area contributed by atoms with Gasteiger partial charge in [-0.3, -0.25) is 4.98 Å². The molecule has 22 heavy (non-hydrogen) atoms. The van der Waals surface area contributed by atoms with E-state index in [0.717, 1.165) is 42.2 Å². The van der Waals surface area contributed by atoms with Crippen molar-refractivity contribution in [2.45, 2.75) is 32.1 Å². The van der Waals surface area contributed by atoms with Gasteiger partial charge < -0.3 is 4.42 Å². The lowest BCUT2D eigenvalue weighted by molar-refractivity contribution is 0.465. The van der Waals surface area contributed by atoms with Crippen LogP contribution in [0.4, 0.5) is 0 Å². The molecule has 0 saturated carbocycles. The van der Waals surface area contributed by atoms with Crippen molar-refractivity contribution in [1.82, 2.24) is 9.97 Å². The minimum absolute atomic E-state index is 0.544. The highest BCUT2D eigenvalue weighted by Gasteiger charge is 2.25. The molecule has 3 nitrogen and oxygen atoms in total. The Morgan fingerprint density at radius 1 is 1.14 bits per heavy atom. The van der Waals surface area contributed by atoms with E-state index in [0.29, 0.717) is 5.92 Å². The number of aromatic nitrogens is 2. The van der Waals surface area contributed by atoms with Crippen molar-refractivity contribution in [1.29, 1.82) is 0 Å². The van der Waals surface area contributed by atoms with Crippen LogP contribution >= 0.6 is 0 Å². The topological polar surface area (TPSA) is 38.9 Å². The van der Waals surface area contributed by atoms with Crippen LogP contribution in [0.25, 0.3) is 11.5 Å². The Balaban J connectivity index is 1.63. The third-order valence-corrected chi connectivity index (χ3v) is 4.38. The summed E-state index contributed by atoms with van der Waals surface area (Å²) < 4.78 is 5.96. The molecule has 0 fully saturated rings. The summed E-state index contributed by atoms with van der Waals surface area (Å²) in [5.41, 5.74) is 4.85. The van der Waals surface area contributed by atoms with Gasteiger partial charge in [0.15, 0.2) is 0 Å². The van der Waals surface area contributed by atoms with E-state index in [4.69, 9.17) is 9.40 Å². The molecule has 0 spiro atoms. The van der Waals surface area contributed by atoms with E-state index < -0.39 is 0 Å². The van der Waals surface area contributed by atoms with Crippen molar-refractivity contribution in [2.24, 2.45) is 0 Å². The van der Waals surface area contributed by atoms with E-state index in [1.165, 1.54) is 11.1 Å². The van der Waals surface area contributed by atoms with Gasteiger partial charge in [0.05, 0.1) is 5.69 Å². The molecule has 1 atom stereocenters. The van der Waals surface area contributed by atoms with Crippen LogP contribution in [-0.2, 0) is 12.8 Å². The second-order valence-electron chi connectivity index (χ2n) is 5.98. The van der Waals surface area contributed by atoms with Crippen molar-refractivity contribution in [3.8, 4) is 11.5 Å². The minimum atomic E-state index is 0.544. The first-order valence-corrected chi connectivity index (χ1v) is 7.75. The van der Waals surface area contributed by atoms with Crippen LogP contribution in [0.1, 0.15) is 34.9 Å². The molecule has 1 unspecified atom stereocenters. The molecule has 3 aromatic rings. The standard InChI is InChI=1S/C19H18N2O/c1-13-3-2-4-15(11-13)16-5-6-18-17(12-16)21-19(22-18)14-7-9-20-10-8-14/h2-4,7-11,16H,5-6,12H2,1H3. The fraction of sp³-hybridized carbons (Fsp3) is 0.263. The SMILES string of the molecule is Cc1cccc(C2CCc3oc(-c4ccncc4)nc3C2)c1. The molecule has 0 bridgehead atoms. The molecule has 4 rings (SSSR count). The third-order valence-electron chi connectivity index (χ3n) is 4.38. The zero-order valence-corrected chi connectivity index (χ0v) is 12.6. The van der Waals surface area contributed by atoms with Crippen LogP contribution in [0, 0.1) is 6.92 Å². The van der Waals surface area contributed by atoms with Gasteiger partial charge in [-0.1, -0.05) is 29.8 Å². The van der Waals surface area contributed by atoms with Crippen LogP contribution in [0.2, 0.25) is 0 Å². The van der Waals surface area contributed by atoms with E-state index in [1.54, 1.807) is 12.4 Å². The molecule has 0 saturated heterocycles. The normalized spacial score (nSPS) is 17.2. The number of hydrogen-bond acceptors (Lipinski definition) is 3. The molecular weight excluding hydrogens is 272 g/mol. The van der Waals surface area contributed by atoms with Crippen LogP contribution in [0.5, 0.6) is 0 Å². The Hall–Kier alpha value is -2.42. The van der Waals surface area contributed by atoms with Gasteiger partial charge in [0, 0.05) is 30.8 Å². The molecule has 0 radical (unpaired) electrons. The smallest absolute Gasteiger partial charge is 0.226 e. The lowest BCUT2D eigenvalue weighted by atomic mass is 9.84. The molecule has 2 heterocycles. The molecule has 1 aromatic carbocycles. The van der Waals surface area contributed by atoms with E-state index in [1.807, 2.05) is 12.1 Å². The number of rotatable bonds is 2. The van der Waals surface area contributed by atoms with Gasteiger partial charge in [0.25, 0.3) is 0 Å². The van der Waals surface area contributed by atoms with Gasteiger partial charge in [-0.05, 0) is 37.0 Å². The molecule has 1 aliphatic rings. The quantitative estimate of drug-likeness (QED) is 0.705. The first-order chi connectivity index (χ1) is 10.8. The Morgan fingerprint density at radius 2 is 2.00 bits per heavy atom. The predicted octanol–water partition coefficient (Wildman–Crippen LogP) is 4.32. The highest BCUT2D eigenvalue weighted by atomic mass is 16.4. The largest absolute Gasteiger partial charge is 0.441 e. The van der Waals surface area contributed by atoms with E-state index in [2.05, 4.69) is 36.2 Å². The summed E-state index contributed by atoms with van der Waals surface area (Å²) in [6.07, 6.45) is 6.60. The number of pyridine rings is 1. The monoisotopic (exact) mass is 290 g/mol. The Bertz CT molecular complexity index is 792. The first-order valence-electron chi connectivity index (χ1n) is 7.75. The fourth-order valence-electron chi connectivity index (χ4n) is 3.21. The zero-order chi connectivity index (χ0) is 14.9. The van der Waals surface area contributed by atoms with Crippen LogP contribution in [0.15, 0.2) is 53.2 Å². The van der Waals surface area contributed by atoms with Gasteiger partial charge in [0.1, 0.15) is 5.76 Å². The molecule has 110 valence electrons. The highest BCUT2D eigenvalue weighted by molar-refractivity contribution is 5.52. The van der Waals surface area contributed by atoms with Gasteiger partial charge in [-0.25, -0.2) is 4.98 Å². The fourth-order valence-corrected chi connectivity index (χ4v) is 3.21. The van der Waals surface area contributed by atoms with Crippen LogP contribution in [-0.4, -0.2) is 9.97 Å². The van der Waals surface area contributed by atoms with E-state index in [-0.39, 0.29) is 0 Å². The molecule has 3 heteroatoms. The second kappa shape index (κ2) is 5.41. The number of oxazole rings is 1. The summed E-state index contributed by atoms with van der Waals surface area (Å²) in [7, 11) is 0. The van der Waals surface area contributed by atoms with Crippen LogP contribution < -0.4 is 0 Å². The second-order valence-corrected chi connectivity index (χ2v) is 5.98. The van der Waals surface area contributed by atoms with Crippen molar-refractivity contribution >= 4 is 0 Å². The summed E-state index contributed by atoms with van der Waals surface area (Å²) in [6.45, 7) is 2.15. The van der Waals surface area contributed by atoms with Gasteiger partial charge >= 0.3 is 0 Å². The summed E-state index contributed by atoms with van der Waals surface area (Å²) in [4.78, 5) is 8.77. The maximum Gasteiger partial charge on any atom is 0.226 e. The van der Waals surface area contributed by atoms with Gasteiger partial charge in [0.2, 0.25) is 5.89 Å². The number of hydrogen-bond donors (Lipinski definition) is 0. The average molecular weight is 290 g/mol. The minimum Gasteiger partial charge on any atom is -0.441 e. The summed E-state index contributed by atoms with van der Waals surface area (Å²) in [5, 5.41) is 0. The lowest BCUT2D eigenvalue weighted by Crippen LogP contribution is -2.12. The summed E-state index contributed by atoms with van der Waals surface area (Å²) in [5.74, 6) is 2.32. The van der Waals surface area contributed by atoms with E-state index in [9.17, 15) is 0 Å². The molecule has 0 N–H and O–H groups in total. The van der Waals surface area contributed by atoms with Crippen LogP contribution in [0.3, 0.4) is 0 Å². The summed E-state index contributed by atoms with van der Waals surface area (Å²) in [6, 6.07) is 12.7. The van der Waals surface area contributed by atoms with E-state index >= 15 is 0 Å². The van der Waals surface area contributed by atoms with Crippen molar-refractivity contribution < 1.29 is 4.42 Å². The predicted molar refractivity (Wildman–Crippen MR) is 85.7 cm³/mol. The number of benzene rings is 1. The highest BCUT2D eigenvalue weighted by Crippen LogP contribution is 2.34. The average Bonchev–Trinajstić information content (AvgIpc) is 2.99. The van der Waals surface area contributed by atoms with Crippen molar-refractivity contribution in [3.63, 3.8) is 0 Å². The number of aryl methyl sites for hydroxylation is 2. The van der Waals surface area contributed by atoms with Crippen molar-refractivity contribution in [3.05, 3.63) is 71.4 Å². The molecule has 0 aliphatic heterocycles. The maximum absolute atomic E-state index is 5.96. The Labute approximate surface area is 130 Å². The van der Waals surface area contributed by atoms with Gasteiger partial charge in [-0.2, -0.15) is 0 Å². The number of fused-ring (bicyclic) bond motifs is 1. The molecule has 1 aliphatic carbocycles. The molecule has 2 aromatic heterocycles. The molecular formula is C19H18N2O. The maximum atomic E-state index is 5.96. The van der Waals surface area contributed by atoms with Crippen molar-refractivity contribution in [2.75, 3.05) is 0 Å². The summed E-state index contributed by atoms with van der Waals surface area (Å²) >= 11 is 0. The van der Waals surface area contributed by atoms with Gasteiger partial charge in [-0.15, -0.1) is 0 Å². The first kappa shape index (κ1) is 13.3. The zero-order valence-electron chi connectivity index (χ0n) is 12.6. The third kappa shape index (κ3) is 2.43.